The monoisotopic (exact) mass is 783 g/mol. The number of rotatable bonds is 5. The summed E-state index contributed by atoms with van der Waals surface area (Å²) in [5.74, 6) is -0.167. The number of nitrogens with two attached hydrogens (primary N) is 1. The highest BCUT2D eigenvalue weighted by Crippen LogP contribution is 2.36. The molecule has 3 unspecified atom stereocenters. The zero-order valence-electron chi connectivity index (χ0n) is 12.5. The van der Waals surface area contributed by atoms with Crippen LogP contribution in [0.2, 0.25) is 0 Å². The van der Waals surface area contributed by atoms with Crippen molar-refractivity contribution in [3.63, 3.8) is 0 Å². The number of aliphatic carboxylic acids is 1. The van der Waals surface area contributed by atoms with Crippen molar-refractivity contribution in [3.8, 4) is 5.75 Å². The molecule has 0 heterocycles. The van der Waals surface area contributed by atoms with Gasteiger partial charge in [0.15, 0.2) is 0 Å². The lowest BCUT2D eigenvalue weighted by atomic mass is 9.95. The molecule has 0 aliphatic heterocycles. The molecule has 1 aliphatic carbocycles. The molecule has 3 atom stereocenters. The lowest BCUT2D eigenvalue weighted by molar-refractivity contribution is -0.138. The molecule has 1 aliphatic rings. The van der Waals surface area contributed by atoms with E-state index >= 15 is 0 Å². The van der Waals surface area contributed by atoms with E-state index in [1.807, 2.05) is 12.1 Å². The van der Waals surface area contributed by atoms with E-state index in [1.165, 1.54) is 0 Å². The topological polar surface area (TPSA) is 92.8 Å². The van der Waals surface area contributed by atoms with Gasteiger partial charge in [-0.2, -0.15) is 0 Å². The van der Waals surface area contributed by atoms with Gasteiger partial charge in [0.2, 0.25) is 0 Å². The second-order valence-corrected chi connectivity index (χ2v) is 11.3. The molecule has 1 aromatic carbocycles. The van der Waals surface area contributed by atoms with Crippen LogP contribution in [0, 0.1) is 7.14 Å². The van der Waals surface area contributed by atoms with Crippen LogP contribution in [-0.4, -0.2) is 42.3 Å². The van der Waals surface area contributed by atoms with Crippen molar-refractivity contribution in [1.82, 2.24) is 0 Å². The van der Waals surface area contributed by atoms with Gasteiger partial charge in [-0.15, -0.1) is 0 Å². The van der Waals surface area contributed by atoms with E-state index in [2.05, 4.69) is 90.4 Å². The van der Waals surface area contributed by atoms with E-state index in [1.54, 1.807) is 0 Å². The number of benzene rings is 1. The number of hydrogen-bond donors (Lipinski definition) is 3. The van der Waals surface area contributed by atoms with Gasteiger partial charge in [-0.25, -0.2) is 0 Å². The summed E-state index contributed by atoms with van der Waals surface area (Å²) in [7, 11) is 0. The van der Waals surface area contributed by atoms with Crippen molar-refractivity contribution >= 4 is 96.3 Å². The van der Waals surface area contributed by atoms with Gasteiger partial charge in [-0.05, 0) is 82.1 Å². The molecule has 0 amide bonds. The zero-order chi connectivity index (χ0) is 18.0. The average Bonchev–Trinajstić information content (AvgIpc) is 2.48. The van der Waals surface area contributed by atoms with Gasteiger partial charge < -0.3 is 20.7 Å². The predicted molar refractivity (Wildman–Crippen MR) is 126 cm³/mol. The minimum Gasteiger partial charge on any atom is -0.488 e. The first-order valence-electron chi connectivity index (χ1n) is 7.28. The lowest BCUT2D eigenvalue weighted by Crippen LogP contribution is -2.42. The predicted octanol–water partition coefficient (Wildman–Crippen LogP) is 3.36. The summed E-state index contributed by atoms with van der Waals surface area (Å²) < 4.78 is 8.51. The molecule has 1 saturated carbocycles. The summed E-state index contributed by atoms with van der Waals surface area (Å²) in [6.07, 6.45) is 1.72. The Morgan fingerprint density at radius 2 is 1.75 bits per heavy atom. The van der Waals surface area contributed by atoms with Crippen LogP contribution in [0.25, 0.3) is 0 Å². The van der Waals surface area contributed by atoms with Crippen LogP contribution in [-0.2, 0) is 11.2 Å². The van der Waals surface area contributed by atoms with Crippen molar-refractivity contribution in [2.24, 2.45) is 5.73 Å². The number of alkyl halides is 2. The molecule has 1 aromatic rings. The number of ether oxygens (including phenoxy) is 1. The van der Waals surface area contributed by atoms with Gasteiger partial charge in [0.1, 0.15) is 17.9 Å². The van der Waals surface area contributed by atoms with E-state index < -0.39 is 12.0 Å². The molecule has 134 valence electrons. The molecule has 2 rings (SSSR count). The molecule has 24 heavy (non-hydrogen) atoms. The zero-order valence-corrected chi connectivity index (χ0v) is 21.1. The number of carboxylic acids is 1. The number of carbonyl (C=O) groups is 1. The third-order valence-corrected chi connectivity index (χ3v) is 7.93. The van der Waals surface area contributed by atoms with Gasteiger partial charge in [-0.3, -0.25) is 4.79 Å². The van der Waals surface area contributed by atoms with Crippen molar-refractivity contribution in [2.75, 3.05) is 0 Å². The van der Waals surface area contributed by atoms with Gasteiger partial charge in [0.25, 0.3) is 0 Å². The summed E-state index contributed by atoms with van der Waals surface area (Å²) in [6, 6.07) is 2.96. The average molecular weight is 783 g/mol. The van der Waals surface area contributed by atoms with Crippen LogP contribution in [0.4, 0.5) is 0 Å². The Labute approximate surface area is 195 Å². The fourth-order valence-corrected chi connectivity index (χ4v) is 7.63. The molecular formula is C15H17I4NO4. The first kappa shape index (κ1) is 21.6. The third kappa shape index (κ3) is 5.66. The third-order valence-electron chi connectivity index (χ3n) is 3.83. The van der Waals surface area contributed by atoms with Gasteiger partial charge >= 0.3 is 5.97 Å². The summed E-state index contributed by atoms with van der Waals surface area (Å²) in [5, 5.41) is 19.0. The second-order valence-electron chi connectivity index (χ2n) is 5.77. The van der Waals surface area contributed by atoms with E-state index in [-0.39, 0.29) is 20.1 Å². The molecule has 0 radical (unpaired) electrons. The number of halogens is 4. The summed E-state index contributed by atoms with van der Waals surface area (Å²) in [4.78, 5) is 10.9. The highest BCUT2D eigenvalue weighted by molar-refractivity contribution is 14.1. The molecule has 9 heteroatoms. The van der Waals surface area contributed by atoms with Crippen LogP contribution in [0.5, 0.6) is 5.75 Å². The van der Waals surface area contributed by atoms with E-state index in [0.29, 0.717) is 6.42 Å². The van der Waals surface area contributed by atoms with E-state index in [9.17, 15) is 9.90 Å². The quantitative estimate of drug-likeness (QED) is 0.315. The first-order chi connectivity index (χ1) is 11.2. The number of aliphatic hydroxyl groups excluding tert-OH is 1. The Bertz CT molecular complexity index is 580. The van der Waals surface area contributed by atoms with Crippen molar-refractivity contribution < 1.29 is 19.7 Å². The van der Waals surface area contributed by atoms with Gasteiger partial charge in [0.05, 0.1) is 13.2 Å². The lowest BCUT2D eigenvalue weighted by Gasteiger charge is -2.34. The van der Waals surface area contributed by atoms with Crippen molar-refractivity contribution in [3.05, 3.63) is 24.8 Å². The maximum absolute atomic E-state index is 10.9. The molecule has 4 N–H and O–H groups in total. The molecule has 0 aromatic heterocycles. The van der Waals surface area contributed by atoms with Crippen molar-refractivity contribution in [1.29, 1.82) is 0 Å². The standard InChI is InChI=1S/C15H17I4NO4/c16-8-4-7(5-9(17)13(8)21)24-14-10(18)1-6(2-11(14)19)3-12(20)15(22)23/h1-2,7-9,12-13,21H,3-5,20H2,(H,22,23). The summed E-state index contributed by atoms with van der Waals surface area (Å²) >= 11 is 9.01. The Morgan fingerprint density at radius 3 is 2.21 bits per heavy atom. The van der Waals surface area contributed by atoms with E-state index in [4.69, 9.17) is 15.6 Å². The smallest absolute Gasteiger partial charge is 0.320 e. The molecule has 0 saturated heterocycles. The second kappa shape index (κ2) is 9.50. The van der Waals surface area contributed by atoms with E-state index in [0.717, 1.165) is 31.3 Å². The maximum Gasteiger partial charge on any atom is 0.320 e. The number of carboxylic acid groups (broad SMARTS) is 1. The normalized spacial score (nSPS) is 28.4. The Balaban J connectivity index is 2.12. The minimum atomic E-state index is -0.998. The number of hydrogen-bond acceptors (Lipinski definition) is 4. The van der Waals surface area contributed by atoms with Gasteiger partial charge in [0, 0.05) is 7.85 Å². The highest BCUT2D eigenvalue weighted by atomic mass is 127. The van der Waals surface area contributed by atoms with Crippen molar-refractivity contribution in [2.45, 2.75) is 45.4 Å². The van der Waals surface area contributed by atoms with Crippen LogP contribution in [0.3, 0.4) is 0 Å². The largest absolute Gasteiger partial charge is 0.488 e. The molecular weight excluding hydrogens is 766 g/mol. The fraction of sp³-hybridized carbons (Fsp3) is 0.533. The van der Waals surface area contributed by atoms with Crippen LogP contribution in [0.1, 0.15) is 18.4 Å². The molecule has 0 bridgehead atoms. The molecule has 5 nitrogen and oxygen atoms in total. The number of aliphatic hydroxyl groups is 1. The molecule has 0 spiro atoms. The van der Waals surface area contributed by atoms with Crippen LogP contribution < -0.4 is 10.5 Å². The SMILES string of the molecule is NC(Cc1cc(I)c(OC2CC(I)C(O)C(I)C2)c(I)c1)C(=O)O. The fourth-order valence-electron chi connectivity index (χ4n) is 2.55. The van der Waals surface area contributed by atoms with Crippen LogP contribution >= 0.6 is 90.4 Å². The molecule has 1 fully saturated rings. The van der Waals surface area contributed by atoms with Crippen LogP contribution in [0.15, 0.2) is 12.1 Å². The summed E-state index contributed by atoms with van der Waals surface area (Å²) in [5.41, 5.74) is 6.51. The first-order valence-corrected chi connectivity index (χ1v) is 11.9. The Kier molecular flexibility index (Phi) is 8.56. The maximum atomic E-state index is 10.9. The Hall–Kier alpha value is 1.33. The Morgan fingerprint density at radius 1 is 1.25 bits per heavy atom. The highest BCUT2D eigenvalue weighted by Gasteiger charge is 2.35. The summed E-state index contributed by atoms with van der Waals surface area (Å²) in [6.45, 7) is 0. The van der Waals surface area contributed by atoms with Gasteiger partial charge in [-0.1, -0.05) is 45.2 Å². The minimum absolute atomic E-state index is 0.0753.